The quantitative estimate of drug-likeness (QED) is 0.707. The van der Waals surface area contributed by atoms with E-state index in [0.29, 0.717) is 43.9 Å². The van der Waals surface area contributed by atoms with E-state index in [-0.39, 0.29) is 0 Å². The van der Waals surface area contributed by atoms with Crippen molar-refractivity contribution < 1.29 is 14.6 Å². The van der Waals surface area contributed by atoms with Crippen LogP contribution in [0.1, 0.15) is 23.2 Å². The van der Waals surface area contributed by atoms with Gasteiger partial charge in [0.25, 0.3) is 5.91 Å². The number of anilines is 1. The average molecular weight is 251 g/mol. The van der Waals surface area contributed by atoms with Crippen LogP contribution in [0.5, 0.6) is 0 Å². The van der Waals surface area contributed by atoms with Crippen molar-refractivity contribution in [3.63, 3.8) is 0 Å². The maximum absolute atomic E-state index is 11.2. The van der Waals surface area contributed by atoms with Gasteiger partial charge in [-0.2, -0.15) is 0 Å². The van der Waals surface area contributed by atoms with Gasteiger partial charge in [-0.05, 0) is 6.07 Å². The molecule has 2 rings (SSSR count). The maximum atomic E-state index is 11.2. The zero-order chi connectivity index (χ0) is 13.0. The number of hydrogen-bond acceptors (Lipinski definition) is 5. The highest BCUT2D eigenvalue weighted by Crippen LogP contribution is 2.22. The van der Waals surface area contributed by atoms with Crippen molar-refractivity contribution in [1.29, 1.82) is 0 Å². The standard InChI is InChI=1S/C12H17N3O3/c13-11(16)9-7-14-4-1-10(9)15-8-12(17)2-5-18-6-3-12/h1,4,7,17H,2-3,5-6,8H2,(H2,13,16)(H,14,15). The van der Waals surface area contributed by atoms with Gasteiger partial charge in [-0.25, -0.2) is 0 Å². The van der Waals surface area contributed by atoms with Crippen molar-refractivity contribution in [2.75, 3.05) is 25.1 Å². The van der Waals surface area contributed by atoms with E-state index in [1.807, 2.05) is 0 Å². The van der Waals surface area contributed by atoms with Gasteiger partial charge < -0.3 is 20.9 Å². The number of nitrogens with one attached hydrogen (secondary N) is 1. The molecule has 4 N–H and O–H groups in total. The molecule has 1 aliphatic heterocycles. The lowest BCUT2D eigenvalue weighted by Gasteiger charge is -2.32. The van der Waals surface area contributed by atoms with E-state index in [1.165, 1.54) is 6.20 Å². The Bertz CT molecular complexity index is 430. The number of aromatic nitrogens is 1. The van der Waals surface area contributed by atoms with Gasteiger partial charge in [0.2, 0.25) is 0 Å². The largest absolute Gasteiger partial charge is 0.388 e. The molecule has 0 saturated carbocycles. The van der Waals surface area contributed by atoms with Crippen LogP contribution in [-0.4, -0.2) is 41.4 Å². The van der Waals surface area contributed by atoms with E-state index < -0.39 is 11.5 Å². The van der Waals surface area contributed by atoms with Crippen molar-refractivity contribution in [2.24, 2.45) is 5.73 Å². The Morgan fingerprint density at radius 1 is 1.56 bits per heavy atom. The molecule has 1 aliphatic rings. The molecule has 0 aromatic carbocycles. The molecule has 98 valence electrons. The number of pyridine rings is 1. The van der Waals surface area contributed by atoms with Crippen molar-refractivity contribution in [3.05, 3.63) is 24.0 Å². The monoisotopic (exact) mass is 251 g/mol. The first-order valence-electron chi connectivity index (χ1n) is 5.89. The number of nitrogens with two attached hydrogens (primary N) is 1. The Kier molecular flexibility index (Phi) is 3.78. The summed E-state index contributed by atoms with van der Waals surface area (Å²) in [5.41, 5.74) is 5.38. The summed E-state index contributed by atoms with van der Waals surface area (Å²) in [5.74, 6) is -0.537. The molecule has 1 aromatic heterocycles. The predicted octanol–water partition coefficient (Wildman–Crippen LogP) is 0.134. The third kappa shape index (κ3) is 2.96. The summed E-state index contributed by atoms with van der Waals surface area (Å²) in [5, 5.41) is 13.3. The minimum Gasteiger partial charge on any atom is -0.388 e. The Hall–Kier alpha value is -1.66. The van der Waals surface area contributed by atoms with Crippen LogP contribution in [0.4, 0.5) is 5.69 Å². The number of carbonyl (C=O) groups is 1. The first-order chi connectivity index (χ1) is 8.61. The van der Waals surface area contributed by atoms with E-state index in [4.69, 9.17) is 10.5 Å². The normalized spacial score (nSPS) is 18.3. The number of ether oxygens (including phenoxy) is 1. The van der Waals surface area contributed by atoms with Gasteiger partial charge in [-0.3, -0.25) is 9.78 Å². The summed E-state index contributed by atoms with van der Waals surface area (Å²) in [6.45, 7) is 1.47. The minimum absolute atomic E-state index is 0.327. The zero-order valence-corrected chi connectivity index (χ0v) is 10.1. The third-order valence-electron chi connectivity index (χ3n) is 3.12. The molecule has 1 saturated heterocycles. The van der Waals surface area contributed by atoms with Crippen LogP contribution in [0, 0.1) is 0 Å². The molecule has 0 bridgehead atoms. The lowest BCUT2D eigenvalue weighted by Crippen LogP contribution is -2.42. The number of primary amides is 1. The Morgan fingerprint density at radius 3 is 2.94 bits per heavy atom. The third-order valence-corrected chi connectivity index (χ3v) is 3.12. The lowest BCUT2D eigenvalue weighted by molar-refractivity contribution is -0.0543. The minimum atomic E-state index is -0.795. The van der Waals surface area contributed by atoms with Gasteiger partial charge in [0.1, 0.15) is 0 Å². The van der Waals surface area contributed by atoms with Crippen LogP contribution in [0.3, 0.4) is 0 Å². The van der Waals surface area contributed by atoms with E-state index in [0.717, 1.165) is 0 Å². The Morgan fingerprint density at radius 2 is 2.28 bits per heavy atom. The van der Waals surface area contributed by atoms with E-state index in [9.17, 15) is 9.90 Å². The fourth-order valence-corrected chi connectivity index (χ4v) is 1.93. The van der Waals surface area contributed by atoms with Crippen molar-refractivity contribution in [1.82, 2.24) is 4.98 Å². The van der Waals surface area contributed by atoms with Crippen LogP contribution in [-0.2, 0) is 4.74 Å². The van der Waals surface area contributed by atoms with Crippen LogP contribution in [0.25, 0.3) is 0 Å². The van der Waals surface area contributed by atoms with Gasteiger partial charge in [0.15, 0.2) is 0 Å². The molecule has 1 amide bonds. The van der Waals surface area contributed by atoms with Crippen molar-refractivity contribution in [2.45, 2.75) is 18.4 Å². The topological polar surface area (TPSA) is 97.5 Å². The van der Waals surface area contributed by atoms with E-state index >= 15 is 0 Å². The molecule has 2 heterocycles. The predicted molar refractivity (Wildman–Crippen MR) is 66.2 cm³/mol. The van der Waals surface area contributed by atoms with Crippen LogP contribution >= 0.6 is 0 Å². The molecule has 0 radical (unpaired) electrons. The first-order valence-corrected chi connectivity index (χ1v) is 5.89. The highest BCUT2D eigenvalue weighted by atomic mass is 16.5. The van der Waals surface area contributed by atoms with E-state index in [2.05, 4.69) is 10.3 Å². The molecule has 0 spiro atoms. The number of carbonyl (C=O) groups excluding carboxylic acids is 1. The lowest BCUT2D eigenvalue weighted by atomic mass is 9.94. The van der Waals surface area contributed by atoms with Crippen LogP contribution < -0.4 is 11.1 Å². The summed E-state index contributed by atoms with van der Waals surface area (Å²) in [4.78, 5) is 15.1. The van der Waals surface area contributed by atoms with Crippen molar-refractivity contribution >= 4 is 11.6 Å². The summed E-state index contributed by atoms with van der Waals surface area (Å²) >= 11 is 0. The van der Waals surface area contributed by atoms with E-state index in [1.54, 1.807) is 12.3 Å². The average Bonchev–Trinajstić information content (AvgIpc) is 2.38. The van der Waals surface area contributed by atoms with Gasteiger partial charge >= 0.3 is 0 Å². The number of aliphatic hydroxyl groups is 1. The summed E-state index contributed by atoms with van der Waals surface area (Å²) in [6, 6.07) is 1.67. The van der Waals surface area contributed by atoms with Crippen molar-refractivity contribution in [3.8, 4) is 0 Å². The second kappa shape index (κ2) is 5.32. The van der Waals surface area contributed by atoms with Gasteiger partial charge in [-0.1, -0.05) is 0 Å². The number of rotatable bonds is 4. The molecule has 6 nitrogen and oxygen atoms in total. The first kappa shape index (κ1) is 12.8. The Balaban J connectivity index is 2.03. The summed E-state index contributed by atoms with van der Waals surface area (Å²) < 4.78 is 5.21. The second-order valence-corrected chi connectivity index (χ2v) is 4.48. The van der Waals surface area contributed by atoms with Gasteiger partial charge in [-0.15, -0.1) is 0 Å². The van der Waals surface area contributed by atoms with Crippen LogP contribution in [0.15, 0.2) is 18.5 Å². The fraction of sp³-hybridized carbons (Fsp3) is 0.500. The number of amides is 1. The molecule has 1 aromatic rings. The highest BCUT2D eigenvalue weighted by molar-refractivity contribution is 5.98. The fourth-order valence-electron chi connectivity index (χ4n) is 1.93. The molecular formula is C12H17N3O3. The van der Waals surface area contributed by atoms with Gasteiger partial charge in [0.05, 0.1) is 16.9 Å². The molecule has 1 fully saturated rings. The molecule has 0 unspecified atom stereocenters. The number of hydrogen-bond donors (Lipinski definition) is 3. The molecule has 6 heteroatoms. The zero-order valence-electron chi connectivity index (χ0n) is 10.1. The maximum Gasteiger partial charge on any atom is 0.252 e. The smallest absolute Gasteiger partial charge is 0.252 e. The molecular weight excluding hydrogens is 234 g/mol. The van der Waals surface area contributed by atoms with Crippen LogP contribution in [0.2, 0.25) is 0 Å². The Labute approximate surface area is 105 Å². The summed E-state index contributed by atoms with van der Waals surface area (Å²) in [6.07, 6.45) is 4.15. The molecule has 0 atom stereocenters. The van der Waals surface area contributed by atoms with Gasteiger partial charge in [0, 0.05) is 45.0 Å². The molecule has 0 aliphatic carbocycles. The SMILES string of the molecule is NC(=O)c1cnccc1NCC1(O)CCOCC1. The summed E-state index contributed by atoms with van der Waals surface area (Å²) in [7, 11) is 0. The highest BCUT2D eigenvalue weighted by Gasteiger charge is 2.29. The molecule has 18 heavy (non-hydrogen) atoms. The second-order valence-electron chi connectivity index (χ2n) is 4.48. The number of nitrogens with zero attached hydrogens (tertiary/aromatic N) is 1.